The van der Waals surface area contributed by atoms with E-state index in [1.54, 1.807) is 11.3 Å². The highest BCUT2D eigenvalue weighted by Crippen LogP contribution is 2.27. The van der Waals surface area contributed by atoms with Crippen molar-refractivity contribution in [3.63, 3.8) is 0 Å². The SMILES string of the molecule is CCNC(=NCC(C)c1ccsc1)N1CCC(C)C(n2ccnc2)C1. The van der Waals surface area contributed by atoms with Crippen LogP contribution in [0.3, 0.4) is 0 Å². The molecule has 0 amide bonds. The Bertz CT molecular complexity index is 649. The van der Waals surface area contributed by atoms with Crippen molar-refractivity contribution in [2.24, 2.45) is 10.9 Å². The average molecular weight is 360 g/mol. The number of aliphatic imine (C=N–C) groups is 1. The maximum atomic E-state index is 4.95. The smallest absolute Gasteiger partial charge is 0.194 e. The Morgan fingerprint density at radius 1 is 1.52 bits per heavy atom. The van der Waals surface area contributed by atoms with E-state index in [-0.39, 0.29) is 0 Å². The lowest BCUT2D eigenvalue weighted by Gasteiger charge is -2.39. The standard InChI is InChI=1S/C19H29N5S/c1-4-21-19(22-11-16(3)17-6-10-25-13-17)23-8-5-15(2)18(12-23)24-9-7-20-14-24/h6-7,9-10,13-16,18H,4-5,8,11-12H2,1-3H3,(H,21,22). The molecule has 3 unspecified atom stereocenters. The third kappa shape index (κ3) is 4.42. The largest absolute Gasteiger partial charge is 0.357 e. The number of rotatable bonds is 5. The number of nitrogens with zero attached hydrogens (tertiary/aromatic N) is 4. The first-order valence-corrected chi connectivity index (χ1v) is 10.2. The summed E-state index contributed by atoms with van der Waals surface area (Å²) in [5, 5.41) is 7.86. The van der Waals surface area contributed by atoms with E-state index in [4.69, 9.17) is 4.99 Å². The second-order valence-corrected chi connectivity index (χ2v) is 7.72. The summed E-state index contributed by atoms with van der Waals surface area (Å²) in [6.45, 7) is 10.5. The fourth-order valence-electron chi connectivity index (χ4n) is 3.41. The molecule has 3 atom stereocenters. The van der Waals surface area contributed by atoms with E-state index in [0.29, 0.717) is 17.9 Å². The van der Waals surface area contributed by atoms with Gasteiger partial charge in [0.05, 0.1) is 12.4 Å². The van der Waals surface area contributed by atoms with Crippen LogP contribution in [0.2, 0.25) is 0 Å². The molecule has 0 bridgehead atoms. The highest BCUT2D eigenvalue weighted by molar-refractivity contribution is 7.07. The van der Waals surface area contributed by atoms with Gasteiger partial charge in [-0.2, -0.15) is 11.3 Å². The van der Waals surface area contributed by atoms with Gasteiger partial charge >= 0.3 is 0 Å². The molecule has 0 saturated carbocycles. The van der Waals surface area contributed by atoms with Gasteiger partial charge < -0.3 is 14.8 Å². The number of imidazole rings is 1. The van der Waals surface area contributed by atoms with E-state index in [2.05, 4.69) is 63.6 Å². The number of hydrogen-bond donors (Lipinski definition) is 1. The summed E-state index contributed by atoms with van der Waals surface area (Å²) >= 11 is 1.76. The predicted molar refractivity (Wildman–Crippen MR) is 105 cm³/mol. The fraction of sp³-hybridized carbons (Fsp3) is 0.579. The summed E-state index contributed by atoms with van der Waals surface area (Å²) in [7, 11) is 0. The number of hydrogen-bond acceptors (Lipinski definition) is 3. The Hall–Kier alpha value is -1.82. The normalized spacial score (nSPS) is 22.8. The number of likely N-dealkylation sites (tertiary alicyclic amines) is 1. The molecule has 6 heteroatoms. The molecule has 1 saturated heterocycles. The van der Waals surface area contributed by atoms with Crippen molar-refractivity contribution in [3.05, 3.63) is 41.1 Å². The second-order valence-electron chi connectivity index (χ2n) is 6.94. The van der Waals surface area contributed by atoms with E-state index in [0.717, 1.165) is 32.1 Å². The van der Waals surface area contributed by atoms with Crippen molar-refractivity contribution in [1.82, 2.24) is 19.8 Å². The molecule has 25 heavy (non-hydrogen) atoms. The summed E-state index contributed by atoms with van der Waals surface area (Å²) in [6.07, 6.45) is 7.06. The van der Waals surface area contributed by atoms with Crippen LogP contribution in [0.4, 0.5) is 0 Å². The minimum atomic E-state index is 0.452. The van der Waals surface area contributed by atoms with Crippen LogP contribution in [0.1, 0.15) is 44.7 Å². The molecule has 0 aliphatic carbocycles. The average Bonchev–Trinajstić information content (AvgIpc) is 3.32. The molecule has 2 aromatic rings. The van der Waals surface area contributed by atoms with Crippen molar-refractivity contribution < 1.29 is 0 Å². The minimum absolute atomic E-state index is 0.452. The zero-order chi connectivity index (χ0) is 17.6. The van der Waals surface area contributed by atoms with Crippen LogP contribution in [-0.4, -0.2) is 46.6 Å². The van der Waals surface area contributed by atoms with Gasteiger partial charge in [0.25, 0.3) is 0 Å². The first kappa shape index (κ1) is 18.0. The van der Waals surface area contributed by atoms with Crippen molar-refractivity contribution in [2.75, 3.05) is 26.2 Å². The monoisotopic (exact) mass is 359 g/mol. The van der Waals surface area contributed by atoms with Crippen LogP contribution in [-0.2, 0) is 0 Å². The number of aromatic nitrogens is 2. The lowest BCUT2D eigenvalue weighted by Crippen LogP contribution is -2.49. The van der Waals surface area contributed by atoms with E-state index < -0.39 is 0 Å². The van der Waals surface area contributed by atoms with Gasteiger partial charge in [0.15, 0.2) is 5.96 Å². The lowest BCUT2D eigenvalue weighted by molar-refractivity contribution is 0.189. The van der Waals surface area contributed by atoms with Crippen molar-refractivity contribution in [1.29, 1.82) is 0 Å². The van der Waals surface area contributed by atoms with Crippen molar-refractivity contribution in [2.45, 2.75) is 39.2 Å². The third-order valence-electron chi connectivity index (χ3n) is 5.09. The van der Waals surface area contributed by atoms with Crippen LogP contribution in [0.25, 0.3) is 0 Å². The molecule has 1 fully saturated rings. The molecular weight excluding hydrogens is 330 g/mol. The third-order valence-corrected chi connectivity index (χ3v) is 5.79. The van der Waals surface area contributed by atoms with Gasteiger partial charge in [-0.15, -0.1) is 0 Å². The molecule has 1 aliphatic heterocycles. The summed E-state index contributed by atoms with van der Waals surface area (Å²) in [6, 6.07) is 2.66. The molecule has 1 N–H and O–H groups in total. The Labute approximate surface area is 154 Å². The maximum Gasteiger partial charge on any atom is 0.194 e. The number of thiophene rings is 1. The Kier molecular flexibility index (Phi) is 6.13. The highest BCUT2D eigenvalue weighted by atomic mass is 32.1. The quantitative estimate of drug-likeness (QED) is 0.655. The van der Waals surface area contributed by atoms with Crippen molar-refractivity contribution >= 4 is 17.3 Å². The van der Waals surface area contributed by atoms with Crippen LogP contribution in [0, 0.1) is 5.92 Å². The van der Waals surface area contributed by atoms with E-state index in [9.17, 15) is 0 Å². The van der Waals surface area contributed by atoms with Crippen LogP contribution in [0.15, 0.2) is 40.5 Å². The molecular formula is C19H29N5S. The molecule has 5 nitrogen and oxygen atoms in total. The van der Waals surface area contributed by atoms with Crippen LogP contribution in [0.5, 0.6) is 0 Å². The van der Waals surface area contributed by atoms with Gasteiger partial charge in [0, 0.05) is 44.5 Å². The van der Waals surface area contributed by atoms with Gasteiger partial charge in [-0.3, -0.25) is 4.99 Å². The Balaban J connectivity index is 1.70. The van der Waals surface area contributed by atoms with Crippen molar-refractivity contribution in [3.8, 4) is 0 Å². The Morgan fingerprint density at radius 2 is 2.40 bits per heavy atom. The maximum absolute atomic E-state index is 4.95. The topological polar surface area (TPSA) is 45.5 Å². The van der Waals surface area contributed by atoms with Gasteiger partial charge in [-0.25, -0.2) is 4.98 Å². The second kappa shape index (κ2) is 8.52. The molecule has 0 radical (unpaired) electrons. The molecule has 136 valence electrons. The van der Waals surface area contributed by atoms with E-state index in [1.807, 2.05) is 12.5 Å². The zero-order valence-electron chi connectivity index (χ0n) is 15.4. The molecule has 3 heterocycles. The zero-order valence-corrected chi connectivity index (χ0v) is 16.2. The van der Waals surface area contributed by atoms with Crippen LogP contribution >= 0.6 is 11.3 Å². The van der Waals surface area contributed by atoms with Gasteiger partial charge in [-0.05, 0) is 41.7 Å². The van der Waals surface area contributed by atoms with Gasteiger partial charge in [0.1, 0.15) is 0 Å². The summed E-state index contributed by atoms with van der Waals surface area (Å²) in [5.41, 5.74) is 1.38. The molecule has 3 rings (SSSR count). The fourth-order valence-corrected chi connectivity index (χ4v) is 4.19. The molecule has 0 spiro atoms. The van der Waals surface area contributed by atoms with E-state index in [1.165, 1.54) is 12.0 Å². The molecule has 1 aliphatic rings. The Morgan fingerprint density at radius 3 is 3.08 bits per heavy atom. The highest BCUT2D eigenvalue weighted by Gasteiger charge is 2.28. The van der Waals surface area contributed by atoms with Crippen LogP contribution < -0.4 is 5.32 Å². The van der Waals surface area contributed by atoms with Gasteiger partial charge in [0.2, 0.25) is 0 Å². The van der Waals surface area contributed by atoms with E-state index >= 15 is 0 Å². The number of nitrogens with one attached hydrogen (secondary N) is 1. The summed E-state index contributed by atoms with van der Waals surface area (Å²) in [5.74, 6) is 2.15. The summed E-state index contributed by atoms with van der Waals surface area (Å²) < 4.78 is 2.24. The number of guanidine groups is 1. The summed E-state index contributed by atoms with van der Waals surface area (Å²) in [4.78, 5) is 11.6. The van der Waals surface area contributed by atoms with Gasteiger partial charge in [-0.1, -0.05) is 13.8 Å². The lowest BCUT2D eigenvalue weighted by atomic mass is 9.93. The molecule has 0 aromatic carbocycles. The number of piperidine rings is 1. The first-order valence-electron chi connectivity index (χ1n) is 9.21. The first-order chi connectivity index (χ1) is 12.2. The molecule has 2 aromatic heterocycles. The minimum Gasteiger partial charge on any atom is -0.357 e. The predicted octanol–water partition coefficient (Wildman–Crippen LogP) is 3.60.